The van der Waals surface area contributed by atoms with Gasteiger partial charge in [0.1, 0.15) is 0 Å². The van der Waals surface area contributed by atoms with Crippen LogP contribution in [0.25, 0.3) is 11.4 Å². The number of ether oxygens (including phenoxy) is 1. The van der Waals surface area contributed by atoms with E-state index in [-0.39, 0.29) is 11.9 Å². The molecule has 0 aliphatic rings. The number of nitrogens with one attached hydrogen (secondary N) is 2. The second-order valence-corrected chi connectivity index (χ2v) is 6.12. The SMILES string of the molecule is COc1ccnc(-c2cccc(C(=O)NC(C)Cc3cc(C)[nH]n3)c2)n1. The second-order valence-electron chi connectivity index (χ2n) is 6.12. The fourth-order valence-electron chi connectivity index (χ4n) is 2.65. The van der Waals surface area contributed by atoms with Crippen LogP contribution >= 0.6 is 0 Å². The van der Waals surface area contributed by atoms with Gasteiger partial charge in [-0.25, -0.2) is 4.98 Å². The van der Waals surface area contributed by atoms with Crippen molar-refractivity contribution in [1.82, 2.24) is 25.5 Å². The molecule has 1 atom stereocenters. The maximum absolute atomic E-state index is 12.6. The molecule has 134 valence electrons. The fourth-order valence-corrected chi connectivity index (χ4v) is 2.65. The molecule has 7 heteroatoms. The maximum atomic E-state index is 12.6. The summed E-state index contributed by atoms with van der Waals surface area (Å²) in [6.07, 6.45) is 2.29. The van der Waals surface area contributed by atoms with Crippen molar-refractivity contribution in [3.8, 4) is 17.3 Å². The number of hydrogen-bond acceptors (Lipinski definition) is 5. The predicted octanol–water partition coefficient (Wildman–Crippen LogP) is 2.54. The van der Waals surface area contributed by atoms with Crippen molar-refractivity contribution in [3.05, 3.63) is 59.5 Å². The average Bonchev–Trinajstić information content (AvgIpc) is 3.06. The van der Waals surface area contributed by atoms with E-state index in [1.54, 1.807) is 31.5 Å². The lowest BCUT2D eigenvalue weighted by molar-refractivity contribution is 0.0940. The maximum Gasteiger partial charge on any atom is 0.251 e. The number of amides is 1. The zero-order valence-electron chi connectivity index (χ0n) is 15.0. The minimum absolute atomic E-state index is 0.0399. The van der Waals surface area contributed by atoms with Crippen molar-refractivity contribution in [3.63, 3.8) is 0 Å². The molecule has 0 radical (unpaired) electrons. The molecule has 3 rings (SSSR count). The molecule has 1 aromatic carbocycles. The van der Waals surface area contributed by atoms with E-state index in [0.29, 0.717) is 23.7 Å². The van der Waals surface area contributed by atoms with Crippen LogP contribution in [0.5, 0.6) is 5.88 Å². The lowest BCUT2D eigenvalue weighted by Gasteiger charge is -2.13. The minimum atomic E-state index is -0.144. The number of carbonyl (C=O) groups excluding carboxylic acids is 1. The van der Waals surface area contributed by atoms with E-state index < -0.39 is 0 Å². The lowest BCUT2D eigenvalue weighted by atomic mass is 10.1. The highest BCUT2D eigenvalue weighted by Crippen LogP contribution is 2.18. The number of aromatic nitrogens is 4. The molecule has 0 aliphatic heterocycles. The number of benzene rings is 1. The Hall–Kier alpha value is -3.22. The summed E-state index contributed by atoms with van der Waals surface area (Å²) in [4.78, 5) is 21.1. The zero-order chi connectivity index (χ0) is 18.5. The first-order chi connectivity index (χ1) is 12.5. The first-order valence-corrected chi connectivity index (χ1v) is 8.34. The molecule has 2 N–H and O–H groups in total. The number of carbonyl (C=O) groups is 1. The molecule has 26 heavy (non-hydrogen) atoms. The third-order valence-corrected chi connectivity index (χ3v) is 3.87. The van der Waals surface area contributed by atoms with E-state index in [1.165, 1.54) is 0 Å². The number of aryl methyl sites for hydroxylation is 1. The highest BCUT2D eigenvalue weighted by Gasteiger charge is 2.13. The molecule has 2 heterocycles. The summed E-state index contributed by atoms with van der Waals surface area (Å²) >= 11 is 0. The van der Waals surface area contributed by atoms with E-state index in [0.717, 1.165) is 17.0 Å². The van der Waals surface area contributed by atoms with Crippen molar-refractivity contribution in [1.29, 1.82) is 0 Å². The smallest absolute Gasteiger partial charge is 0.251 e. The Morgan fingerprint density at radius 3 is 2.88 bits per heavy atom. The largest absolute Gasteiger partial charge is 0.481 e. The van der Waals surface area contributed by atoms with Gasteiger partial charge in [0, 0.05) is 41.5 Å². The van der Waals surface area contributed by atoms with Gasteiger partial charge in [-0.3, -0.25) is 9.89 Å². The van der Waals surface area contributed by atoms with E-state index in [4.69, 9.17) is 4.74 Å². The molecular formula is C19H21N5O2. The van der Waals surface area contributed by atoms with E-state index >= 15 is 0 Å². The minimum Gasteiger partial charge on any atom is -0.481 e. The van der Waals surface area contributed by atoms with Crippen LogP contribution in [0.4, 0.5) is 0 Å². The van der Waals surface area contributed by atoms with Gasteiger partial charge >= 0.3 is 0 Å². The Morgan fingerprint density at radius 2 is 2.15 bits per heavy atom. The summed E-state index contributed by atoms with van der Waals surface area (Å²) in [6.45, 7) is 3.91. The van der Waals surface area contributed by atoms with Gasteiger partial charge in [0.2, 0.25) is 5.88 Å². The van der Waals surface area contributed by atoms with Gasteiger partial charge < -0.3 is 10.1 Å². The van der Waals surface area contributed by atoms with Crippen molar-refractivity contribution in [2.45, 2.75) is 26.3 Å². The fraction of sp³-hybridized carbons (Fsp3) is 0.263. The molecule has 0 bridgehead atoms. The third kappa shape index (κ3) is 4.24. The van der Waals surface area contributed by atoms with Crippen LogP contribution < -0.4 is 10.1 Å². The van der Waals surface area contributed by atoms with Gasteiger partial charge in [-0.15, -0.1) is 0 Å². The highest BCUT2D eigenvalue weighted by atomic mass is 16.5. The van der Waals surface area contributed by atoms with Gasteiger partial charge in [-0.05, 0) is 32.0 Å². The van der Waals surface area contributed by atoms with Crippen LogP contribution in [-0.2, 0) is 6.42 Å². The molecule has 7 nitrogen and oxygen atoms in total. The van der Waals surface area contributed by atoms with Crippen LogP contribution in [0.2, 0.25) is 0 Å². The number of aromatic amines is 1. The van der Waals surface area contributed by atoms with Gasteiger partial charge in [0.15, 0.2) is 5.82 Å². The predicted molar refractivity (Wildman–Crippen MR) is 98.0 cm³/mol. The Balaban J connectivity index is 1.71. The monoisotopic (exact) mass is 351 g/mol. The van der Waals surface area contributed by atoms with Crippen molar-refractivity contribution in [2.75, 3.05) is 7.11 Å². The highest BCUT2D eigenvalue weighted by molar-refractivity contribution is 5.95. The average molecular weight is 351 g/mol. The number of rotatable bonds is 6. The van der Waals surface area contributed by atoms with Crippen LogP contribution in [-0.4, -0.2) is 39.2 Å². The van der Waals surface area contributed by atoms with E-state index in [9.17, 15) is 4.79 Å². The summed E-state index contributed by atoms with van der Waals surface area (Å²) in [5.74, 6) is 0.848. The third-order valence-electron chi connectivity index (χ3n) is 3.87. The molecule has 3 aromatic rings. The van der Waals surface area contributed by atoms with Crippen molar-refractivity contribution >= 4 is 5.91 Å². The molecule has 0 spiro atoms. The van der Waals surface area contributed by atoms with Crippen molar-refractivity contribution in [2.24, 2.45) is 0 Å². The molecule has 1 unspecified atom stereocenters. The summed E-state index contributed by atoms with van der Waals surface area (Å²) < 4.78 is 5.13. The number of H-pyrrole nitrogens is 1. The molecule has 1 amide bonds. The van der Waals surface area contributed by atoms with Crippen LogP contribution in [0, 0.1) is 6.92 Å². The standard InChI is InChI=1S/C19H21N5O2/c1-12(9-16-10-13(2)23-24-16)21-19(25)15-6-4-5-14(11-15)18-20-8-7-17(22-18)26-3/h4-8,10-12H,9H2,1-3H3,(H,21,25)(H,23,24). The van der Waals surface area contributed by atoms with E-state index in [2.05, 4.69) is 25.5 Å². The molecule has 0 saturated carbocycles. The summed E-state index contributed by atoms with van der Waals surface area (Å²) in [5.41, 5.74) is 3.24. The number of hydrogen-bond donors (Lipinski definition) is 2. The van der Waals surface area contributed by atoms with Crippen molar-refractivity contribution < 1.29 is 9.53 Å². The Bertz CT molecular complexity index is 906. The topological polar surface area (TPSA) is 92.8 Å². The molecule has 0 fully saturated rings. The van der Waals surface area contributed by atoms with Crippen LogP contribution in [0.1, 0.15) is 28.7 Å². The Kier molecular flexibility index (Phi) is 5.26. The summed E-state index contributed by atoms with van der Waals surface area (Å²) in [7, 11) is 1.55. The normalized spacial score (nSPS) is 11.8. The van der Waals surface area contributed by atoms with Crippen LogP contribution in [0.3, 0.4) is 0 Å². The summed E-state index contributed by atoms with van der Waals surface area (Å²) in [6, 6.07) is 10.8. The lowest BCUT2D eigenvalue weighted by Crippen LogP contribution is -2.34. The van der Waals surface area contributed by atoms with E-state index in [1.807, 2.05) is 32.0 Å². The Labute approximate surface area is 151 Å². The van der Waals surface area contributed by atoms with Gasteiger partial charge in [-0.1, -0.05) is 12.1 Å². The van der Waals surface area contributed by atoms with Gasteiger partial charge in [0.05, 0.1) is 12.8 Å². The zero-order valence-corrected chi connectivity index (χ0v) is 15.0. The van der Waals surface area contributed by atoms with Gasteiger partial charge in [0.25, 0.3) is 5.91 Å². The molecule has 0 aliphatic carbocycles. The first kappa shape index (κ1) is 17.6. The number of methoxy groups -OCH3 is 1. The Morgan fingerprint density at radius 1 is 1.31 bits per heavy atom. The summed E-state index contributed by atoms with van der Waals surface area (Å²) in [5, 5.41) is 10.1. The van der Waals surface area contributed by atoms with Crippen LogP contribution in [0.15, 0.2) is 42.6 Å². The number of nitrogens with zero attached hydrogens (tertiary/aromatic N) is 3. The first-order valence-electron chi connectivity index (χ1n) is 8.34. The van der Waals surface area contributed by atoms with Gasteiger partial charge in [-0.2, -0.15) is 10.1 Å². The molecule has 2 aromatic heterocycles. The quantitative estimate of drug-likeness (QED) is 0.712. The molecule has 0 saturated heterocycles. The second kappa shape index (κ2) is 7.77. The molecular weight excluding hydrogens is 330 g/mol.